The molecular formula is C12H22N4O. The summed E-state index contributed by atoms with van der Waals surface area (Å²) in [5, 5.41) is 11.8. The molecule has 0 aliphatic rings. The van der Waals surface area contributed by atoms with Gasteiger partial charge < -0.3 is 10.5 Å². The molecule has 5 nitrogen and oxygen atoms in total. The van der Waals surface area contributed by atoms with E-state index < -0.39 is 0 Å². The summed E-state index contributed by atoms with van der Waals surface area (Å²) in [4.78, 5) is 0. The van der Waals surface area contributed by atoms with Crippen molar-refractivity contribution in [2.45, 2.75) is 33.6 Å². The maximum Gasteiger partial charge on any atom is 0.223 e. The SMILES string of the molecule is CCCC(C)COc1c(C(=N)N)c(C)nn1C. The second-order valence-electron chi connectivity index (χ2n) is 4.51. The van der Waals surface area contributed by atoms with Crippen molar-refractivity contribution in [1.82, 2.24) is 9.78 Å². The molecule has 1 aromatic heterocycles. The lowest BCUT2D eigenvalue weighted by molar-refractivity contribution is 0.233. The summed E-state index contributed by atoms with van der Waals surface area (Å²) in [5.41, 5.74) is 6.89. The van der Waals surface area contributed by atoms with Gasteiger partial charge in [-0.15, -0.1) is 0 Å². The number of nitrogens with one attached hydrogen (secondary N) is 1. The molecule has 17 heavy (non-hydrogen) atoms. The minimum absolute atomic E-state index is 0.00810. The average molecular weight is 238 g/mol. The molecule has 0 saturated carbocycles. The van der Waals surface area contributed by atoms with Crippen LogP contribution in [-0.2, 0) is 7.05 Å². The van der Waals surface area contributed by atoms with E-state index in [2.05, 4.69) is 18.9 Å². The molecule has 1 unspecified atom stereocenters. The number of hydrogen-bond donors (Lipinski definition) is 2. The van der Waals surface area contributed by atoms with Gasteiger partial charge in [-0.1, -0.05) is 20.3 Å². The van der Waals surface area contributed by atoms with Crippen LogP contribution in [0.3, 0.4) is 0 Å². The van der Waals surface area contributed by atoms with E-state index in [9.17, 15) is 0 Å². The number of hydrogen-bond acceptors (Lipinski definition) is 3. The van der Waals surface area contributed by atoms with Gasteiger partial charge in [0.25, 0.3) is 0 Å². The van der Waals surface area contributed by atoms with E-state index in [1.807, 2.05) is 6.92 Å². The first kappa shape index (κ1) is 13.5. The predicted molar refractivity (Wildman–Crippen MR) is 68.5 cm³/mol. The Balaban J connectivity index is 2.80. The normalized spacial score (nSPS) is 12.5. The molecule has 0 saturated heterocycles. The van der Waals surface area contributed by atoms with Crippen molar-refractivity contribution >= 4 is 5.84 Å². The molecule has 0 spiro atoms. The van der Waals surface area contributed by atoms with E-state index in [0.717, 1.165) is 18.5 Å². The first-order valence-electron chi connectivity index (χ1n) is 5.98. The number of aryl methyl sites for hydroxylation is 2. The smallest absolute Gasteiger partial charge is 0.223 e. The van der Waals surface area contributed by atoms with Crippen LogP contribution in [0.25, 0.3) is 0 Å². The maximum atomic E-state index is 7.54. The van der Waals surface area contributed by atoms with Gasteiger partial charge in [0, 0.05) is 7.05 Å². The molecule has 1 atom stereocenters. The molecule has 96 valence electrons. The van der Waals surface area contributed by atoms with Gasteiger partial charge in [-0.2, -0.15) is 5.10 Å². The molecule has 0 amide bonds. The lowest BCUT2D eigenvalue weighted by Gasteiger charge is -2.13. The summed E-state index contributed by atoms with van der Waals surface area (Å²) in [5.74, 6) is 1.10. The molecule has 1 aromatic rings. The summed E-state index contributed by atoms with van der Waals surface area (Å²) >= 11 is 0. The molecule has 5 heteroatoms. The zero-order valence-electron chi connectivity index (χ0n) is 11.1. The van der Waals surface area contributed by atoms with Crippen molar-refractivity contribution < 1.29 is 4.74 Å². The Morgan fingerprint density at radius 1 is 1.59 bits per heavy atom. The molecule has 0 fully saturated rings. The Bertz CT molecular complexity index is 397. The number of nitrogens with zero attached hydrogens (tertiary/aromatic N) is 2. The summed E-state index contributed by atoms with van der Waals surface area (Å²) in [7, 11) is 1.80. The van der Waals surface area contributed by atoms with E-state index in [1.54, 1.807) is 11.7 Å². The summed E-state index contributed by atoms with van der Waals surface area (Å²) in [6, 6.07) is 0. The summed E-state index contributed by atoms with van der Waals surface area (Å²) < 4.78 is 7.39. The van der Waals surface area contributed by atoms with Crippen LogP contribution in [0.2, 0.25) is 0 Å². The predicted octanol–water partition coefficient (Wildman–Crippen LogP) is 1.83. The van der Waals surface area contributed by atoms with E-state index in [1.165, 1.54) is 0 Å². The molecule has 3 N–H and O–H groups in total. The van der Waals surface area contributed by atoms with Crippen molar-refractivity contribution in [3.8, 4) is 5.88 Å². The molecule has 0 bridgehead atoms. The molecule has 0 aromatic carbocycles. The highest BCUT2D eigenvalue weighted by molar-refractivity contribution is 5.98. The fourth-order valence-electron chi connectivity index (χ4n) is 1.91. The Kier molecular flexibility index (Phi) is 4.54. The number of rotatable bonds is 6. The van der Waals surface area contributed by atoms with Crippen molar-refractivity contribution in [2.24, 2.45) is 18.7 Å². The van der Waals surface area contributed by atoms with Crippen LogP contribution in [0.15, 0.2) is 0 Å². The molecule has 0 aliphatic carbocycles. The van der Waals surface area contributed by atoms with Crippen LogP contribution in [0.1, 0.15) is 37.9 Å². The van der Waals surface area contributed by atoms with Crippen LogP contribution in [0, 0.1) is 18.3 Å². The van der Waals surface area contributed by atoms with E-state index in [0.29, 0.717) is 24.0 Å². The van der Waals surface area contributed by atoms with E-state index in [-0.39, 0.29) is 5.84 Å². The first-order valence-corrected chi connectivity index (χ1v) is 5.98. The third-order valence-electron chi connectivity index (χ3n) is 2.72. The zero-order chi connectivity index (χ0) is 13.0. The quantitative estimate of drug-likeness (QED) is 0.586. The second kappa shape index (κ2) is 5.70. The Labute approximate surface area is 102 Å². The van der Waals surface area contributed by atoms with Crippen LogP contribution < -0.4 is 10.5 Å². The molecule has 1 rings (SSSR count). The molecular weight excluding hydrogens is 216 g/mol. The van der Waals surface area contributed by atoms with Crippen molar-refractivity contribution in [1.29, 1.82) is 5.41 Å². The Morgan fingerprint density at radius 3 is 2.76 bits per heavy atom. The van der Waals surface area contributed by atoms with Gasteiger partial charge in [0.2, 0.25) is 5.88 Å². The third-order valence-corrected chi connectivity index (χ3v) is 2.72. The highest BCUT2D eigenvalue weighted by atomic mass is 16.5. The van der Waals surface area contributed by atoms with Crippen molar-refractivity contribution in [2.75, 3.05) is 6.61 Å². The molecule has 1 heterocycles. The van der Waals surface area contributed by atoms with E-state index in [4.69, 9.17) is 15.9 Å². The lowest BCUT2D eigenvalue weighted by atomic mass is 10.1. The Morgan fingerprint density at radius 2 is 2.24 bits per heavy atom. The van der Waals surface area contributed by atoms with Crippen molar-refractivity contribution in [3.63, 3.8) is 0 Å². The number of amidine groups is 1. The van der Waals surface area contributed by atoms with Crippen LogP contribution in [-0.4, -0.2) is 22.2 Å². The third kappa shape index (κ3) is 3.22. The minimum atomic E-state index is 0.00810. The molecule has 0 radical (unpaired) electrons. The van der Waals surface area contributed by atoms with Gasteiger partial charge in [-0.25, -0.2) is 4.68 Å². The van der Waals surface area contributed by atoms with E-state index >= 15 is 0 Å². The van der Waals surface area contributed by atoms with Gasteiger partial charge in [0.1, 0.15) is 11.4 Å². The monoisotopic (exact) mass is 238 g/mol. The summed E-state index contributed by atoms with van der Waals surface area (Å²) in [6.07, 6.45) is 2.28. The standard InChI is InChI=1S/C12H22N4O/c1-5-6-8(2)7-17-12-10(11(13)14)9(3)15-16(12)4/h8H,5-7H2,1-4H3,(H3,13,14). The topological polar surface area (TPSA) is 76.9 Å². The van der Waals surface area contributed by atoms with Gasteiger partial charge in [0.15, 0.2) is 0 Å². The highest BCUT2D eigenvalue weighted by Gasteiger charge is 2.17. The minimum Gasteiger partial charge on any atom is -0.477 e. The number of aromatic nitrogens is 2. The number of nitrogens with two attached hydrogens (primary N) is 1. The second-order valence-corrected chi connectivity index (χ2v) is 4.51. The number of ether oxygens (including phenoxy) is 1. The Hall–Kier alpha value is -1.52. The zero-order valence-corrected chi connectivity index (χ0v) is 11.1. The van der Waals surface area contributed by atoms with Crippen LogP contribution >= 0.6 is 0 Å². The van der Waals surface area contributed by atoms with Crippen LogP contribution in [0.4, 0.5) is 0 Å². The van der Waals surface area contributed by atoms with Gasteiger partial charge >= 0.3 is 0 Å². The van der Waals surface area contributed by atoms with Gasteiger partial charge in [-0.05, 0) is 19.3 Å². The number of nitrogen functional groups attached to an aromatic ring is 1. The largest absolute Gasteiger partial charge is 0.477 e. The van der Waals surface area contributed by atoms with Crippen LogP contribution in [0.5, 0.6) is 5.88 Å². The fraction of sp³-hybridized carbons (Fsp3) is 0.667. The highest BCUT2D eigenvalue weighted by Crippen LogP contribution is 2.21. The maximum absolute atomic E-state index is 7.54. The van der Waals surface area contributed by atoms with Gasteiger partial charge in [-0.3, -0.25) is 5.41 Å². The molecule has 0 aliphatic heterocycles. The average Bonchev–Trinajstić information content (AvgIpc) is 2.50. The fourth-order valence-corrected chi connectivity index (χ4v) is 1.91. The van der Waals surface area contributed by atoms with Crippen molar-refractivity contribution in [3.05, 3.63) is 11.3 Å². The first-order chi connectivity index (χ1) is 7.97. The lowest BCUT2D eigenvalue weighted by Crippen LogP contribution is -2.16. The summed E-state index contributed by atoms with van der Waals surface area (Å²) in [6.45, 7) is 6.78. The van der Waals surface area contributed by atoms with Gasteiger partial charge in [0.05, 0.1) is 12.3 Å².